The van der Waals surface area contributed by atoms with Crippen LogP contribution in [0.15, 0.2) is 24.3 Å². The summed E-state index contributed by atoms with van der Waals surface area (Å²) >= 11 is 0. The highest BCUT2D eigenvalue weighted by Gasteiger charge is 1.80. The van der Waals surface area contributed by atoms with E-state index in [9.17, 15) is 4.79 Å². The zero-order valence-electron chi connectivity index (χ0n) is 7.16. The van der Waals surface area contributed by atoms with E-state index in [1.165, 1.54) is 0 Å². The second-order valence-corrected chi connectivity index (χ2v) is 2.24. The molecule has 0 bridgehead atoms. The number of rotatable bonds is 1. The number of nitrogens with two attached hydrogens (primary N) is 2. The molecule has 0 aliphatic carbocycles. The van der Waals surface area contributed by atoms with Gasteiger partial charge in [0.25, 0.3) is 0 Å². The molecule has 0 saturated carbocycles. The molecule has 12 heavy (non-hydrogen) atoms. The molecule has 3 heteroatoms. The van der Waals surface area contributed by atoms with Gasteiger partial charge in [0.2, 0.25) is 0 Å². The summed E-state index contributed by atoms with van der Waals surface area (Å²) in [5, 5.41) is 0. The highest BCUT2D eigenvalue weighted by Crippen LogP contribution is 2.04. The molecule has 0 aliphatic rings. The largest absolute Gasteiger partial charge is 0.399 e. The van der Waals surface area contributed by atoms with Crippen LogP contribution in [0.2, 0.25) is 0 Å². The lowest BCUT2D eigenvalue weighted by atomic mass is 10.3. The fourth-order valence-electron chi connectivity index (χ4n) is 0.496. The SMILES string of the molecule is CCC=O.Nc1ccc(N)cc1. The Balaban J connectivity index is 0.000000261. The average molecular weight is 166 g/mol. The molecule has 0 unspecified atom stereocenters. The van der Waals surface area contributed by atoms with Crippen molar-refractivity contribution in [3.63, 3.8) is 0 Å². The van der Waals surface area contributed by atoms with Gasteiger partial charge in [-0.05, 0) is 24.3 Å². The summed E-state index contributed by atoms with van der Waals surface area (Å²) in [5.41, 5.74) is 12.2. The molecule has 3 nitrogen and oxygen atoms in total. The van der Waals surface area contributed by atoms with E-state index in [2.05, 4.69) is 0 Å². The summed E-state index contributed by atoms with van der Waals surface area (Å²) < 4.78 is 0. The van der Waals surface area contributed by atoms with E-state index in [1.807, 2.05) is 6.92 Å². The van der Waals surface area contributed by atoms with Crippen molar-refractivity contribution >= 4 is 17.7 Å². The van der Waals surface area contributed by atoms with Gasteiger partial charge in [0.15, 0.2) is 0 Å². The van der Waals surface area contributed by atoms with Crippen LogP contribution in [-0.2, 0) is 4.79 Å². The van der Waals surface area contributed by atoms with Crippen molar-refractivity contribution in [2.45, 2.75) is 13.3 Å². The minimum Gasteiger partial charge on any atom is -0.399 e. The molecule has 0 spiro atoms. The summed E-state index contributed by atoms with van der Waals surface area (Å²) in [5.74, 6) is 0. The standard InChI is InChI=1S/C6H8N2.C3H6O/c7-5-1-2-6(8)4-3-5;1-2-3-4/h1-4H,7-8H2;3H,2H2,1H3. The van der Waals surface area contributed by atoms with Gasteiger partial charge in [0.1, 0.15) is 6.29 Å². The van der Waals surface area contributed by atoms with Crippen molar-refractivity contribution in [3.8, 4) is 0 Å². The third-order valence-corrected chi connectivity index (χ3v) is 1.10. The number of hydrogen-bond donors (Lipinski definition) is 2. The van der Waals surface area contributed by atoms with Gasteiger partial charge in [-0.2, -0.15) is 0 Å². The van der Waals surface area contributed by atoms with Crippen LogP contribution < -0.4 is 11.5 Å². The van der Waals surface area contributed by atoms with Crippen LogP contribution in [0.5, 0.6) is 0 Å². The van der Waals surface area contributed by atoms with Crippen LogP contribution in [0.4, 0.5) is 11.4 Å². The molecule has 1 aromatic carbocycles. The first-order valence-corrected chi connectivity index (χ1v) is 3.75. The number of benzene rings is 1. The quantitative estimate of drug-likeness (QED) is 0.490. The van der Waals surface area contributed by atoms with E-state index in [1.54, 1.807) is 24.3 Å². The summed E-state index contributed by atoms with van der Waals surface area (Å²) in [6, 6.07) is 7.09. The minimum absolute atomic E-state index is 0.639. The molecule has 4 N–H and O–H groups in total. The first-order valence-electron chi connectivity index (χ1n) is 3.75. The van der Waals surface area contributed by atoms with Crippen molar-refractivity contribution in [3.05, 3.63) is 24.3 Å². The van der Waals surface area contributed by atoms with E-state index in [4.69, 9.17) is 11.5 Å². The third kappa shape index (κ3) is 5.29. The van der Waals surface area contributed by atoms with Gasteiger partial charge < -0.3 is 16.3 Å². The van der Waals surface area contributed by atoms with Crippen LogP contribution in [0, 0.1) is 0 Å². The molecular formula is C9H14N2O. The molecule has 0 fully saturated rings. The number of anilines is 2. The van der Waals surface area contributed by atoms with Gasteiger partial charge in [0, 0.05) is 17.8 Å². The molecular weight excluding hydrogens is 152 g/mol. The van der Waals surface area contributed by atoms with Crippen molar-refractivity contribution < 1.29 is 4.79 Å². The summed E-state index contributed by atoms with van der Waals surface area (Å²) in [7, 11) is 0. The van der Waals surface area contributed by atoms with Crippen molar-refractivity contribution in [1.82, 2.24) is 0 Å². The fraction of sp³-hybridized carbons (Fsp3) is 0.222. The van der Waals surface area contributed by atoms with E-state index in [0.717, 1.165) is 17.7 Å². The Morgan fingerprint density at radius 2 is 1.42 bits per heavy atom. The van der Waals surface area contributed by atoms with Gasteiger partial charge in [-0.25, -0.2) is 0 Å². The zero-order valence-corrected chi connectivity index (χ0v) is 7.16. The second-order valence-electron chi connectivity index (χ2n) is 2.24. The van der Waals surface area contributed by atoms with Crippen molar-refractivity contribution in [1.29, 1.82) is 0 Å². The fourth-order valence-corrected chi connectivity index (χ4v) is 0.496. The van der Waals surface area contributed by atoms with Gasteiger partial charge in [-0.3, -0.25) is 0 Å². The first-order chi connectivity index (χ1) is 5.70. The molecule has 0 radical (unpaired) electrons. The topological polar surface area (TPSA) is 69.1 Å². The molecule has 66 valence electrons. The normalized spacial score (nSPS) is 8.08. The smallest absolute Gasteiger partial charge is 0.119 e. The summed E-state index contributed by atoms with van der Waals surface area (Å²) in [6.45, 7) is 1.81. The predicted molar refractivity (Wildman–Crippen MR) is 51.6 cm³/mol. The molecule has 1 rings (SSSR count). The first kappa shape index (κ1) is 10.5. The average Bonchev–Trinajstić information content (AvgIpc) is 2.11. The van der Waals surface area contributed by atoms with Crippen LogP contribution in [-0.4, -0.2) is 6.29 Å². The molecule has 0 heterocycles. The predicted octanol–water partition coefficient (Wildman–Crippen LogP) is 1.45. The van der Waals surface area contributed by atoms with Crippen LogP contribution in [0.25, 0.3) is 0 Å². The lowest BCUT2D eigenvalue weighted by molar-refractivity contribution is -0.107. The maximum absolute atomic E-state index is 9.17. The monoisotopic (exact) mass is 166 g/mol. The highest BCUT2D eigenvalue weighted by atomic mass is 16.1. The highest BCUT2D eigenvalue weighted by molar-refractivity contribution is 5.48. The maximum atomic E-state index is 9.17. The van der Waals surface area contributed by atoms with Crippen LogP contribution >= 0.6 is 0 Å². The van der Waals surface area contributed by atoms with Gasteiger partial charge in [-0.15, -0.1) is 0 Å². The van der Waals surface area contributed by atoms with E-state index < -0.39 is 0 Å². The number of nitrogen functional groups attached to an aromatic ring is 2. The van der Waals surface area contributed by atoms with Gasteiger partial charge >= 0.3 is 0 Å². The van der Waals surface area contributed by atoms with Crippen LogP contribution in [0.3, 0.4) is 0 Å². The van der Waals surface area contributed by atoms with Gasteiger partial charge in [0.05, 0.1) is 0 Å². The second kappa shape index (κ2) is 6.22. The molecule has 0 amide bonds. The lowest BCUT2D eigenvalue weighted by Gasteiger charge is -1.90. The molecule has 0 atom stereocenters. The van der Waals surface area contributed by atoms with E-state index in [-0.39, 0.29) is 0 Å². The molecule has 1 aromatic rings. The van der Waals surface area contributed by atoms with Crippen molar-refractivity contribution in [2.75, 3.05) is 11.5 Å². The molecule has 0 aliphatic heterocycles. The Morgan fingerprint density at radius 3 is 1.58 bits per heavy atom. The number of aldehydes is 1. The summed E-state index contributed by atoms with van der Waals surface area (Å²) in [6.07, 6.45) is 1.51. The Morgan fingerprint density at radius 1 is 1.17 bits per heavy atom. The van der Waals surface area contributed by atoms with Gasteiger partial charge in [-0.1, -0.05) is 6.92 Å². The summed E-state index contributed by atoms with van der Waals surface area (Å²) in [4.78, 5) is 9.17. The zero-order chi connectivity index (χ0) is 9.40. The van der Waals surface area contributed by atoms with E-state index >= 15 is 0 Å². The molecule has 0 aromatic heterocycles. The van der Waals surface area contributed by atoms with Crippen molar-refractivity contribution in [2.24, 2.45) is 0 Å². The number of carbonyl (C=O) groups is 1. The van der Waals surface area contributed by atoms with Crippen LogP contribution in [0.1, 0.15) is 13.3 Å². The Labute approximate surface area is 72.4 Å². The maximum Gasteiger partial charge on any atom is 0.119 e. The third-order valence-electron chi connectivity index (χ3n) is 1.10. The Kier molecular flexibility index (Phi) is 5.43. The lowest BCUT2D eigenvalue weighted by Crippen LogP contribution is -1.86. The molecule has 0 saturated heterocycles. The van der Waals surface area contributed by atoms with E-state index in [0.29, 0.717) is 6.42 Å². The Hall–Kier alpha value is -1.51. The minimum atomic E-state index is 0.639. The number of carbonyl (C=O) groups excluding carboxylic acids is 1. The number of hydrogen-bond acceptors (Lipinski definition) is 3. The Bertz CT molecular complexity index is 197.